The largest absolute Gasteiger partial charge is 0.545 e. The fourth-order valence-corrected chi connectivity index (χ4v) is 10.8. The smallest absolute Gasteiger partial charge is 0.306 e. The third kappa shape index (κ3) is 66.9. The Morgan fingerprint density at radius 2 is 0.651 bits per heavy atom. The van der Waals surface area contributed by atoms with Crippen LogP contribution in [0.4, 0.5) is 0 Å². The van der Waals surface area contributed by atoms with E-state index >= 15 is 0 Å². The van der Waals surface area contributed by atoms with Gasteiger partial charge in [0.15, 0.2) is 12.4 Å². The summed E-state index contributed by atoms with van der Waals surface area (Å²) in [5.41, 5.74) is 0. The third-order valence-corrected chi connectivity index (χ3v) is 16.4. The van der Waals surface area contributed by atoms with Gasteiger partial charge in [0.2, 0.25) is 0 Å². The minimum atomic E-state index is -1.62. The molecule has 0 aliphatic rings. The molecule has 0 saturated carbocycles. The van der Waals surface area contributed by atoms with E-state index in [2.05, 4.69) is 50.3 Å². The van der Waals surface area contributed by atoms with Crippen LogP contribution in [0.1, 0.15) is 361 Å². The lowest BCUT2D eigenvalue weighted by atomic mass is 10.0. The molecule has 0 radical (unpaired) electrons. The number of carbonyl (C=O) groups is 3. The van der Waals surface area contributed by atoms with Gasteiger partial charge < -0.3 is 33.3 Å². The highest BCUT2D eigenvalue weighted by Crippen LogP contribution is 2.19. The number of aliphatic carboxylic acids is 1. The number of rotatable bonds is 68. The van der Waals surface area contributed by atoms with Crippen LogP contribution in [0.15, 0.2) is 36.5 Å². The van der Waals surface area contributed by atoms with Crippen LogP contribution in [0.3, 0.4) is 0 Å². The van der Waals surface area contributed by atoms with E-state index in [1.54, 1.807) is 0 Å². The molecule has 0 bridgehead atoms. The molecule has 2 unspecified atom stereocenters. The molecule has 0 aromatic heterocycles. The molecule has 0 aromatic rings. The van der Waals surface area contributed by atoms with Gasteiger partial charge in [-0.1, -0.05) is 314 Å². The fourth-order valence-electron chi connectivity index (χ4n) is 10.8. The zero-order chi connectivity index (χ0) is 60.5. The molecular weight excluding hydrogens is 1030 g/mol. The maximum atomic E-state index is 12.9. The highest BCUT2D eigenvalue weighted by molar-refractivity contribution is 5.70. The van der Waals surface area contributed by atoms with Crippen LogP contribution in [-0.4, -0.2) is 82.3 Å². The Morgan fingerprint density at radius 3 is 0.964 bits per heavy atom. The van der Waals surface area contributed by atoms with Gasteiger partial charge in [0, 0.05) is 12.8 Å². The normalized spacial score (nSPS) is 12.8. The Kier molecular flexibility index (Phi) is 63.5. The standard InChI is InChI=1S/C74H139NO8/c1-6-8-10-12-14-16-18-20-22-24-26-28-30-32-33-34-35-36-37-38-39-41-42-44-46-48-50-52-54-56-58-60-62-64-71(76)81-68-70(69-82-74(73(78)79)80-67-66-75(3,4)5)83-72(77)65-63-61-59-57-55-53-51-49-47-45-43-40-31-29-27-25-23-21-19-17-15-13-11-9-7-2/h19,21,24-27,70,74H,6-18,20,22-23,28-69H2,1-5H3/b21-19-,26-24-,27-25-. The van der Waals surface area contributed by atoms with Gasteiger partial charge in [0.05, 0.1) is 40.3 Å². The molecule has 9 heteroatoms. The number of carboxylic acids is 1. The Hall–Kier alpha value is -2.49. The first-order valence-electron chi connectivity index (χ1n) is 36.1. The van der Waals surface area contributed by atoms with Gasteiger partial charge in [-0.25, -0.2) is 0 Å². The Balaban J connectivity index is 4.03. The molecule has 0 fully saturated rings. The average molecular weight is 1170 g/mol. The predicted octanol–water partition coefficient (Wildman–Crippen LogP) is 21.0. The van der Waals surface area contributed by atoms with Crippen molar-refractivity contribution in [3.05, 3.63) is 36.5 Å². The van der Waals surface area contributed by atoms with Crippen molar-refractivity contribution in [2.45, 2.75) is 373 Å². The maximum absolute atomic E-state index is 12.9. The molecule has 488 valence electrons. The summed E-state index contributed by atoms with van der Waals surface area (Å²) in [7, 11) is 5.94. The number of unbranched alkanes of at least 4 members (excludes halogenated alkanes) is 47. The van der Waals surface area contributed by atoms with Crippen LogP contribution in [0.25, 0.3) is 0 Å². The van der Waals surface area contributed by atoms with Crippen molar-refractivity contribution in [1.82, 2.24) is 0 Å². The van der Waals surface area contributed by atoms with Crippen LogP contribution in [0.5, 0.6) is 0 Å². The summed E-state index contributed by atoms with van der Waals surface area (Å²) in [6.07, 6.45) is 79.5. The molecule has 0 amide bonds. The first-order valence-corrected chi connectivity index (χ1v) is 36.1. The highest BCUT2D eigenvalue weighted by atomic mass is 16.7. The molecular formula is C74H139NO8. The first-order chi connectivity index (χ1) is 40.6. The van der Waals surface area contributed by atoms with Crippen LogP contribution in [0.2, 0.25) is 0 Å². The number of hydrogen-bond acceptors (Lipinski definition) is 8. The van der Waals surface area contributed by atoms with Gasteiger partial charge in [-0.2, -0.15) is 0 Å². The average Bonchev–Trinajstić information content (AvgIpc) is 3.46. The third-order valence-electron chi connectivity index (χ3n) is 16.4. The number of esters is 2. The molecule has 9 nitrogen and oxygen atoms in total. The SMILES string of the molecule is CCCCCCC/C=C\C/C=C\CCCCCCCCCCCCCCCC(=O)OC(COC(=O)CCCCCCCCCCCCCCCCCCCCCCC/C=C\CCCCCCCCCC)COC(OCC[N+](C)(C)C)C(=O)[O-]. The summed E-state index contributed by atoms with van der Waals surface area (Å²) in [6, 6.07) is 0. The number of hydrogen-bond donors (Lipinski definition) is 0. The zero-order valence-electron chi connectivity index (χ0n) is 55.8. The topological polar surface area (TPSA) is 111 Å². The number of quaternary nitrogens is 1. The lowest BCUT2D eigenvalue weighted by molar-refractivity contribution is -0.870. The van der Waals surface area contributed by atoms with E-state index in [4.69, 9.17) is 18.9 Å². The summed E-state index contributed by atoms with van der Waals surface area (Å²) in [6.45, 7) is 4.80. The van der Waals surface area contributed by atoms with Crippen molar-refractivity contribution in [2.24, 2.45) is 0 Å². The molecule has 0 aliphatic heterocycles. The van der Waals surface area contributed by atoms with E-state index in [1.165, 1.54) is 289 Å². The number of nitrogens with zero attached hydrogens (tertiary/aromatic N) is 1. The van der Waals surface area contributed by atoms with E-state index in [-0.39, 0.29) is 32.2 Å². The van der Waals surface area contributed by atoms with E-state index in [9.17, 15) is 19.5 Å². The van der Waals surface area contributed by atoms with Crippen molar-refractivity contribution >= 4 is 17.9 Å². The van der Waals surface area contributed by atoms with Gasteiger partial charge >= 0.3 is 11.9 Å². The Bertz CT molecular complexity index is 1450. The molecule has 0 spiro atoms. The van der Waals surface area contributed by atoms with Gasteiger partial charge in [-0.15, -0.1) is 0 Å². The van der Waals surface area contributed by atoms with E-state index in [1.807, 2.05) is 21.1 Å². The van der Waals surface area contributed by atoms with E-state index in [0.717, 1.165) is 38.5 Å². The summed E-state index contributed by atoms with van der Waals surface area (Å²) in [4.78, 5) is 37.5. The highest BCUT2D eigenvalue weighted by Gasteiger charge is 2.22. The molecule has 0 N–H and O–H groups in total. The molecule has 0 heterocycles. The molecule has 0 aromatic carbocycles. The van der Waals surface area contributed by atoms with Crippen molar-refractivity contribution in [1.29, 1.82) is 0 Å². The second kappa shape index (κ2) is 65.5. The van der Waals surface area contributed by atoms with E-state index < -0.39 is 24.3 Å². The lowest BCUT2D eigenvalue weighted by Crippen LogP contribution is -2.44. The monoisotopic (exact) mass is 1170 g/mol. The van der Waals surface area contributed by atoms with Crippen LogP contribution < -0.4 is 5.11 Å². The molecule has 0 saturated heterocycles. The van der Waals surface area contributed by atoms with Crippen LogP contribution in [0, 0.1) is 0 Å². The number of carboxylic acid groups (broad SMARTS) is 1. The predicted molar refractivity (Wildman–Crippen MR) is 353 cm³/mol. The fraction of sp³-hybridized carbons (Fsp3) is 0.878. The first kappa shape index (κ1) is 80.5. The van der Waals surface area contributed by atoms with Crippen LogP contribution >= 0.6 is 0 Å². The minimum Gasteiger partial charge on any atom is -0.545 e. The Labute approximate surface area is 515 Å². The Morgan fingerprint density at radius 1 is 0.361 bits per heavy atom. The van der Waals surface area contributed by atoms with Gasteiger partial charge in [0.1, 0.15) is 13.2 Å². The van der Waals surface area contributed by atoms with Crippen molar-refractivity contribution in [3.8, 4) is 0 Å². The number of ether oxygens (including phenoxy) is 4. The number of carbonyl (C=O) groups excluding carboxylic acids is 3. The van der Waals surface area contributed by atoms with Crippen LogP contribution in [-0.2, 0) is 33.3 Å². The van der Waals surface area contributed by atoms with Gasteiger partial charge in [0.25, 0.3) is 0 Å². The molecule has 2 atom stereocenters. The number of allylic oxidation sites excluding steroid dienone is 6. The molecule has 83 heavy (non-hydrogen) atoms. The number of likely N-dealkylation sites (N-methyl/N-ethyl adjacent to an activating group) is 1. The summed E-state index contributed by atoms with van der Waals surface area (Å²) in [5, 5.41) is 11.8. The summed E-state index contributed by atoms with van der Waals surface area (Å²) in [5.74, 6) is -2.26. The second-order valence-electron chi connectivity index (χ2n) is 25.9. The van der Waals surface area contributed by atoms with E-state index in [0.29, 0.717) is 23.9 Å². The van der Waals surface area contributed by atoms with Crippen molar-refractivity contribution in [3.63, 3.8) is 0 Å². The minimum absolute atomic E-state index is 0.150. The van der Waals surface area contributed by atoms with Gasteiger partial charge in [-0.05, 0) is 70.6 Å². The van der Waals surface area contributed by atoms with Crippen molar-refractivity contribution in [2.75, 3.05) is 47.5 Å². The maximum Gasteiger partial charge on any atom is 0.306 e. The second-order valence-corrected chi connectivity index (χ2v) is 25.9. The van der Waals surface area contributed by atoms with Crippen molar-refractivity contribution < 1.29 is 42.9 Å². The molecule has 0 rings (SSSR count). The van der Waals surface area contributed by atoms with Gasteiger partial charge in [-0.3, -0.25) is 9.59 Å². The quantitative estimate of drug-likeness (QED) is 0.0195. The summed E-state index contributed by atoms with van der Waals surface area (Å²) >= 11 is 0. The molecule has 0 aliphatic carbocycles. The summed E-state index contributed by atoms with van der Waals surface area (Å²) < 4.78 is 22.8. The lowest BCUT2D eigenvalue weighted by Gasteiger charge is -2.26. The zero-order valence-corrected chi connectivity index (χ0v) is 55.8.